The van der Waals surface area contributed by atoms with Gasteiger partial charge in [0.15, 0.2) is 0 Å². The zero-order valence-electron chi connectivity index (χ0n) is 17.1. The third kappa shape index (κ3) is 2.79. The molecule has 1 aromatic heterocycles. The Kier molecular flexibility index (Phi) is 4.24. The van der Waals surface area contributed by atoms with Crippen LogP contribution in [0.1, 0.15) is 27.7 Å². The van der Waals surface area contributed by atoms with E-state index in [1.165, 1.54) is 6.07 Å². The lowest BCUT2D eigenvalue weighted by Gasteiger charge is -2.27. The summed E-state index contributed by atoms with van der Waals surface area (Å²) in [6.45, 7) is 4.45. The van der Waals surface area contributed by atoms with Crippen LogP contribution in [-0.2, 0) is 7.05 Å². The monoisotopic (exact) mass is 391 g/mol. The molecule has 0 saturated carbocycles. The van der Waals surface area contributed by atoms with Gasteiger partial charge in [-0.05, 0) is 49.2 Å². The van der Waals surface area contributed by atoms with Crippen LogP contribution < -0.4 is 0 Å². The molecular formula is C24H26FN3O. The van der Waals surface area contributed by atoms with Gasteiger partial charge in [-0.2, -0.15) is 0 Å². The number of fused-ring (bicyclic) bond motifs is 2. The summed E-state index contributed by atoms with van der Waals surface area (Å²) in [4.78, 5) is 17.8. The van der Waals surface area contributed by atoms with Gasteiger partial charge in [0.2, 0.25) is 0 Å². The third-order valence-corrected chi connectivity index (χ3v) is 6.93. The number of rotatable bonds is 2. The predicted molar refractivity (Wildman–Crippen MR) is 112 cm³/mol. The van der Waals surface area contributed by atoms with E-state index in [0.29, 0.717) is 11.8 Å². The van der Waals surface area contributed by atoms with Gasteiger partial charge in [0.05, 0.1) is 0 Å². The van der Waals surface area contributed by atoms with Gasteiger partial charge in [0, 0.05) is 49.5 Å². The van der Waals surface area contributed by atoms with Crippen LogP contribution in [0.4, 0.5) is 4.39 Å². The van der Waals surface area contributed by atoms with E-state index in [0.717, 1.165) is 47.4 Å². The van der Waals surface area contributed by atoms with Crippen LogP contribution in [0.25, 0.3) is 10.9 Å². The molecule has 2 fully saturated rings. The number of benzene rings is 2. The molecule has 5 rings (SSSR count). The van der Waals surface area contributed by atoms with E-state index in [4.69, 9.17) is 0 Å². The number of para-hydroxylation sites is 1. The first-order valence-corrected chi connectivity index (χ1v) is 10.2. The van der Waals surface area contributed by atoms with E-state index in [1.807, 2.05) is 41.6 Å². The van der Waals surface area contributed by atoms with E-state index in [9.17, 15) is 9.18 Å². The first kappa shape index (κ1) is 18.4. The maximum atomic E-state index is 13.8. The Morgan fingerprint density at radius 1 is 1.03 bits per heavy atom. The maximum Gasteiger partial charge on any atom is 0.270 e. The Balaban J connectivity index is 1.45. The van der Waals surface area contributed by atoms with E-state index in [-0.39, 0.29) is 17.8 Å². The molecule has 3 aromatic rings. The Bertz CT molecular complexity index is 1070. The minimum atomic E-state index is -0.198. The molecule has 2 saturated heterocycles. The van der Waals surface area contributed by atoms with E-state index in [1.54, 1.807) is 12.1 Å². The molecule has 0 bridgehead atoms. The lowest BCUT2D eigenvalue weighted by molar-refractivity contribution is 0.0758. The molecule has 0 spiro atoms. The fraction of sp³-hybridized carbons (Fsp3) is 0.375. The molecule has 2 aliphatic rings. The molecular weight excluding hydrogens is 365 g/mol. The van der Waals surface area contributed by atoms with Crippen LogP contribution in [-0.4, -0.2) is 47.0 Å². The molecule has 4 nitrogen and oxygen atoms in total. The Hall–Kier alpha value is -2.66. The zero-order valence-corrected chi connectivity index (χ0v) is 17.1. The molecule has 29 heavy (non-hydrogen) atoms. The molecule has 1 amide bonds. The number of carbonyl (C=O) groups is 1. The smallest absolute Gasteiger partial charge is 0.270 e. The van der Waals surface area contributed by atoms with Crippen molar-refractivity contribution in [3.05, 3.63) is 71.2 Å². The number of hydrogen-bond donors (Lipinski definition) is 0. The average molecular weight is 391 g/mol. The van der Waals surface area contributed by atoms with Crippen LogP contribution >= 0.6 is 0 Å². The molecule has 5 heteroatoms. The Morgan fingerprint density at radius 2 is 1.83 bits per heavy atom. The van der Waals surface area contributed by atoms with Crippen molar-refractivity contribution in [2.45, 2.75) is 13.0 Å². The molecule has 0 unspecified atom stereocenters. The molecule has 3 atom stereocenters. The van der Waals surface area contributed by atoms with Gasteiger partial charge in [0.1, 0.15) is 11.5 Å². The van der Waals surface area contributed by atoms with E-state index < -0.39 is 0 Å². The van der Waals surface area contributed by atoms with Crippen molar-refractivity contribution >= 4 is 16.8 Å². The number of carbonyl (C=O) groups excluding carboxylic acids is 1. The summed E-state index contributed by atoms with van der Waals surface area (Å²) in [6, 6.07) is 15.2. The number of aryl methyl sites for hydroxylation is 2. The first-order valence-electron chi connectivity index (χ1n) is 10.2. The first-order chi connectivity index (χ1) is 14.0. The van der Waals surface area contributed by atoms with Crippen molar-refractivity contribution in [2.75, 3.05) is 26.7 Å². The Labute approximate surface area is 170 Å². The quantitative estimate of drug-likeness (QED) is 0.661. The summed E-state index contributed by atoms with van der Waals surface area (Å²) >= 11 is 0. The lowest BCUT2D eigenvalue weighted by atomic mass is 9.89. The molecule has 2 aliphatic heterocycles. The van der Waals surface area contributed by atoms with Crippen molar-refractivity contribution in [3.8, 4) is 0 Å². The predicted octanol–water partition coefficient (Wildman–Crippen LogP) is 4.00. The van der Waals surface area contributed by atoms with Crippen molar-refractivity contribution in [2.24, 2.45) is 18.9 Å². The maximum absolute atomic E-state index is 13.8. The summed E-state index contributed by atoms with van der Waals surface area (Å²) in [5.41, 5.74) is 3.92. The van der Waals surface area contributed by atoms with Crippen LogP contribution in [0.5, 0.6) is 0 Å². The number of amides is 1. The highest BCUT2D eigenvalue weighted by Gasteiger charge is 2.47. The van der Waals surface area contributed by atoms with Crippen LogP contribution in [0, 0.1) is 24.6 Å². The van der Waals surface area contributed by atoms with E-state index >= 15 is 0 Å². The van der Waals surface area contributed by atoms with Crippen molar-refractivity contribution < 1.29 is 9.18 Å². The molecule has 0 N–H and O–H groups in total. The molecule has 3 heterocycles. The Morgan fingerprint density at radius 3 is 2.59 bits per heavy atom. The van der Waals surface area contributed by atoms with Crippen molar-refractivity contribution in [3.63, 3.8) is 0 Å². The fourth-order valence-electron chi connectivity index (χ4n) is 5.65. The number of aromatic nitrogens is 1. The van der Waals surface area contributed by atoms with Gasteiger partial charge in [-0.15, -0.1) is 0 Å². The minimum Gasteiger partial charge on any atom is -0.339 e. The number of nitrogens with zero attached hydrogens (tertiary/aromatic N) is 3. The zero-order chi connectivity index (χ0) is 20.3. The SMILES string of the molecule is Cc1c(C(=O)N2C[C@@H]3CN(C)[C@@H](c4cccc(F)c4)[C@@H]3C2)n(C)c2ccccc12. The van der Waals surface area contributed by atoms with Gasteiger partial charge in [-0.3, -0.25) is 9.69 Å². The fourth-order valence-corrected chi connectivity index (χ4v) is 5.65. The molecule has 150 valence electrons. The standard InChI is InChI=1S/C24H26FN3O/c1-15-19-9-4-5-10-21(19)27(3)22(15)24(29)28-13-17-12-26(2)23(20(17)14-28)16-7-6-8-18(25)11-16/h4-11,17,20,23H,12-14H2,1-3H3/t17-,20+,23-/m0/s1. The lowest BCUT2D eigenvalue weighted by Crippen LogP contribution is -2.34. The van der Waals surface area contributed by atoms with Crippen LogP contribution in [0.2, 0.25) is 0 Å². The van der Waals surface area contributed by atoms with Gasteiger partial charge in [0.25, 0.3) is 5.91 Å². The second-order valence-corrected chi connectivity index (χ2v) is 8.62. The van der Waals surface area contributed by atoms with E-state index in [2.05, 4.69) is 24.1 Å². The number of halogens is 1. The highest BCUT2D eigenvalue weighted by atomic mass is 19.1. The third-order valence-electron chi connectivity index (χ3n) is 6.93. The molecule has 2 aromatic carbocycles. The van der Waals surface area contributed by atoms with Crippen molar-refractivity contribution in [1.29, 1.82) is 0 Å². The normalized spacial score (nSPS) is 24.4. The number of likely N-dealkylation sites (tertiary alicyclic amines) is 2. The summed E-state index contributed by atoms with van der Waals surface area (Å²) in [7, 11) is 4.08. The second-order valence-electron chi connectivity index (χ2n) is 8.62. The summed E-state index contributed by atoms with van der Waals surface area (Å²) in [6.07, 6.45) is 0. The molecule has 0 radical (unpaired) electrons. The van der Waals surface area contributed by atoms with Crippen LogP contribution in [0.3, 0.4) is 0 Å². The van der Waals surface area contributed by atoms with Crippen LogP contribution in [0.15, 0.2) is 48.5 Å². The highest BCUT2D eigenvalue weighted by Crippen LogP contribution is 2.44. The van der Waals surface area contributed by atoms with Gasteiger partial charge >= 0.3 is 0 Å². The van der Waals surface area contributed by atoms with Crippen molar-refractivity contribution in [1.82, 2.24) is 14.4 Å². The van der Waals surface area contributed by atoms with Gasteiger partial charge in [-0.1, -0.05) is 30.3 Å². The summed E-state index contributed by atoms with van der Waals surface area (Å²) in [5, 5.41) is 1.13. The highest BCUT2D eigenvalue weighted by molar-refractivity contribution is 6.01. The average Bonchev–Trinajstić information content (AvgIpc) is 3.31. The summed E-state index contributed by atoms with van der Waals surface area (Å²) < 4.78 is 15.8. The largest absolute Gasteiger partial charge is 0.339 e. The summed E-state index contributed by atoms with van der Waals surface area (Å²) in [5.74, 6) is 0.667. The second kappa shape index (κ2) is 6.70. The van der Waals surface area contributed by atoms with Gasteiger partial charge in [-0.25, -0.2) is 4.39 Å². The molecule has 0 aliphatic carbocycles. The minimum absolute atomic E-state index is 0.108. The number of hydrogen-bond acceptors (Lipinski definition) is 2. The van der Waals surface area contributed by atoms with Gasteiger partial charge < -0.3 is 9.47 Å². The topological polar surface area (TPSA) is 28.5 Å².